The zero-order chi connectivity index (χ0) is 13.5. The van der Waals surface area contributed by atoms with Gasteiger partial charge in [-0.05, 0) is 31.2 Å². The van der Waals surface area contributed by atoms with Crippen LogP contribution in [0.4, 0.5) is 11.4 Å². The van der Waals surface area contributed by atoms with Crippen LogP contribution in [0.15, 0.2) is 24.3 Å². The van der Waals surface area contributed by atoms with E-state index in [0.29, 0.717) is 24.3 Å². The minimum absolute atomic E-state index is 0.0691. The van der Waals surface area contributed by atoms with Crippen molar-refractivity contribution in [3.63, 3.8) is 0 Å². The molecule has 18 heavy (non-hydrogen) atoms. The number of amides is 2. The van der Waals surface area contributed by atoms with E-state index in [2.05, 4.69) is 10.6 Å². The molecule has 98 valence electrons. The molecule has 2 amide bonds. The first-order valence-electron chi connectivity index (χ1n) is 5.91. The highest BCUT2D eigenvalue weighted by molar-refractivity contribution is 5.94. The highest BCUT2D eigenvalue weighted by Crippen LogP contribution is 2.16. The molecular weight excluding hydrogens is 230 g/mol. The molecule has 5 heteroatoms. The molecule has 0 saturated heterocycles. The number of rotatable bonds is 5. The molecule has 0 radical (unpaired) electrons. The summed E-state index contributed by atoms with van der Waals surface area (Å²) in [5, 5.41) is 5.46. The molecule has 0 spiro atoms. The predicted molar refractivity (Wildman–Crippen MR) is 72.2 cm³/mol. The highest BCUT2D eigenvalue weighted by Gasteiger charge is 2.11. The van der Waals surface area contributed by atoms with Crippen molar-refractivity contribution >= 4 is 23.2 Å². The SMILES string of the molecule is CC(=O)Nc1cccc(NC(=O)C(C)CCN)c1. The lowest BCUT2D eigenvalue weighted by atomic mass is 10.1. The fraction of sp³-hybridized carbons (Fsp3) is 0.385. The van der Waals surface area contributed by atoms with E-state index in [-0.39, 0.29) is 17.7 Å². The quantitative estimate of drug-likeness (QED) is 0.740. The summed E-state index contributed by atoms with van der Waals surface area (Å²) in [4.78, 5) is 22.7. The predicted octanol–water partition coefficient (Wildman–Crippen LogP) is 1.57. The van der Waals surface area contributed by atoms with Gasteiger partial charge in [0.1, 0.15) is 0 Å². The monoisotopic (exact) mass is 249 g/mol. The third-order valence-corrected chi connectivity index (χ3v) is 2.50. The second kappa shape index (κ2) is 6.76. The van der Waals surface area contributed by atoms with Crippen LogP contribution in [0, 0.1) is 5.92 Å². The fourth-order valence-corrected chi connectivity index (χ4v) is 1.52. The molecule has 0 aliphatic carbocycles. The van der Waals surface area contributed by atoms with Gasteiger partial charge in [-0.2, -0.15) is 0 Å². The Morgan fingerprint density at radius 1 is 1.28 bits per heavy atom. The molecule has 5 nitrogen and oxygen atoms in total. The topological polar surface area (TPSA) is 84.2 Å². The molecule has 0 saturated carbocycles. The van der Waals surface area contributed by atoms with Crippen molar-refractivity contribution in [2.75, 3.05) is 17.2 Å². The van der Waals surface area contributed by atoms with Gasteiger partial charge in [-0.15, -0.1) is 0 Å². The van der Waals surface area contributed by atoms with Crippen molar-refractivity contribution in [2.24, 2.45) is 11.7 Å². The van der Waals surface area contributed by atoms with Crippen LogP contribution in [0.1, 0.15) is 20.3 Å². The maximum absolute atomic E-state index is 11.8. The molecule has 4 N–H and O–H groups in total. The second-order valence-electron chi connectivity index (χ2n) is 4.23. The van der Waals surface area contributed by atoms with E-state index in [1.54, 1.807) is 24.3 Å². The van der Waals surface area contributed by atoms with Gasteiger partial charge in [0.15, 0.2) is 0 Å². The first-order valence-corrected chi connectivity index (χ1v) is 5.91. The maximum Gasteiger partial charge on any atom is 0.227 e. The van der Waals surface area contributed by atoms with Crippen LogP contribution in [0.2, 0.25) is 0 Å². The number of nitrogens with two attached hydrogens (primary N) is 1. The number of carbonyl (C=O) groups is 2. The van der Waals surface area contributed by atoms with Crippen LogP contribution >= 0.6 is 0 Å². The van der Waals surface area contributed by atoms with Gasteiger partial charge in [0.25, 0.3) is 0 Å². The zero-order valence-corrected chi connectivity index (χ0v) is 10.7. The van der Waals surface area contributed by atoms with Crippen LogP contribution in [0.5, 0.6) is 0 Å². The van der Waals surface area contributed by atoms with E-state index in [4.69, 9.17) is 5.73 Å². The summed E-state index contributed by atoms with van der Waals surface area (Å²) in [6.07, 6.45) is 0.650. The summed E-state index contributed by atoms with van der Waals surface area (Å²) in [6, 6.07) is 7.03. The molecule has 0 aromatic heterocycles. The minimum atomic E-state index is -0.144. The molecule has 0 heterocycles. The Morgan fingerprint density at radius 3 is 2.44 bits per heavy atom. The van der Waals surface area contributed by atoms with Gasteiger partial charge < -0.3 is 16.4 Å². The molecule has 0 aliphatic rings. The van der Waals surface area contributed by atoms with Crippen molar-refractivity contribution in [1.82, 2.24) is 0 Å². The Morgan fingerprint density at radius 2 is 1.89 bits per heavy atom. The summed E-state index contributed by atoms with van der Waals surface area (Å²) >= 11 is 0. The average molecular weight is 249 g/mol. The fourth-order valence-electron chi connectivity index (χ4n) is 1.52. The van der Waals surface area contributed by atoms with Gasteiger partial charge in [-0.3, -0.25) is 9.59 Å². The largest absolute Gasteiger partial charge is 0.330 e. The van der Waals surface area contributed by atoms with E-state index in [9.17, 15) is 9.59 Å². The molecular formula is C13H19N3O2. The second-order valence-corrected chi connectivity index (χ2v) is 4.23. The number of hydrogen-bond acceptors (Lipinski definition) is 3. The number of nitrogens with one attached hydrogen (secondary N) is 2. The van der Waals surface area contributed by atoms with Gasteiger partial charge in [0.05, 0.1) is 0 Å². The zero-order valence-electron chi connectivity index (χ0n) is 10.7. The summed E-state index contributed by atoms with van der Waals surface area (Å²) in [5.41, 5.74) is 6.73. The van der Waals surface area contributed by atoms with Crippen molar-refractivity contribution in [3.8, 4) is 0 Å². The number of anilines is 2. The van der Waals surface area contributed by atoms with Crippen LogP contribution in [0.3, 0.4) is 0 Å². The smallest absolute Gasteiger partial charge is 0.227 e. The Bertz CT molecular complexity index is 432. The number of carbonyl (C=O) groups excluding carboxylic acids is 2. The van der Waals surface area contributed by atoms with Crippen molar-refractivity contribution in [2.45, 2.75) is 20.3 Å². The standard InChI is InChI=1S/C13H19N3O2/c1-9(6-7-14)13(18)16-12-5-3-4-11(8-12)15-10(2)17/h3-5,8-9H,6-7,14H2,1-2H3,(H,15,17)(H,16,18). The Kier molecular flexibility index (Phi) is 5.32. The Balaban J connectivity index is 2.67. The lowest BCUT2D eigenvalue weighted by molar-refractivity contribution is -0.119. The van der Waals surface area contributed by atoms with E-state index in [1.807, 2.05) is 6.92 Å². The molecule has 0 fully saturated rings. The van der Waals surface area contributed by atoms with Crippen molar-refractivity contribution in [1.29, 1.82) is 0 Å². The van der Waals surface area contributed by atoms with Crippen LogP contribution in [-0.2, 0) is 9.59 Å². The Hall–Kier alpha value is -1.88. The minimum Gasteiger partial charge on any atom is -0.330 e. The maximum atomic E-state index is 11.8. The third-order valence-electron chi connectivity index (χ3n) is 2.50. The van der Waals surface area contributed by atoms with Gasteiger partial charge in [0, 0.05) is 24.2 Å². The van der Waals surface area contributed by atoms with E-state index >= 15 is 0 Å². The average Bonchev–Trinajstić information content (AvgIpc) is 2.28. The van der Waals surface area contributed by atoms with Gasteiger partial charge >= 0.3 is 0 Å². The van der Waals surface area contributed by atoms with Crippen LogP contribution < -0.4 is 16.4 Å². The van der Waals surface area contributed by atoms with E-state index in [0.717, 1.165) is 0 Å². The number of hydrogen-bond donors (Lipinski definition) is 3. The van der Waals surface area contributed by atoms with Gasteiger partial charge in [-0.1, -0.05) is 13.0 Å². The lowest BCUT2D eigenvalue weighted by Gasteiger charge is -2.12. The van der Waals surface area contributed by atoms with Gasteiger partial charge in [-0.25, -0.2) is 0 Å². The molecule has 1 atom stereocenters. The van der Waals surface area contributed by atoms with E-state index in [1.165, 1.54) is 6.92 Å². The molecule has 1 rings (SSSR count). The summed E-state index contributed by atoms with van der Waals surface area (Å²) in [5.74, 6) is -0.338. The van der Waals surface area contributed by atoms with Crippen LogP contribution in [0.25, 0.3) is 0 Å². The molecule has 1 aromatic rings. The molecule has 0 aliphatic heterocycles. The van der Waals surface area contributed by atoms with Gasteiger partial charge in [0.2, 0.25) is 11.8 Å². The molecule has 1 aromatic carbocycles. The molecule has 1 unspecified atom stereocenters. The normalized spacial score (nSPS) is 11.7. The summed E-state index contributed by atoms with van der Waals surface area (Å²) in [7, 11) is 0. The highest BCUT2D eigenvalue weighted by atomic mass is 16.2. The summed E-state index contributed by atoms with van der Waals surface area (Å²) in [6.45, 7) is 3.76. The first-order chi connectivity index (χ1) is 8.52. The third kappa shape index (κ3) is 4.55. The molecule has 0 bridgehead atoms. The van der Waals surface area contributed by atoms with Crippen LogP contribution in [-0.4, -0.2) is 18.4 Å². The number of benzene rings is 1. The van der Waals surface area contributed by atoms with Crippen molar-refractivity contribution in [3.05, 3.63) is 24.3 Å². The van der Waals surface area contributed by atoms with Crippen molar-refractivity contribution < 1.29 is 9.59 Å². The lowest BCUT2D eigenvalue weighted by Crippen LogP contribution is -2.22. The van der Waals surface area contributed by atoms with E-state index < -0.39 is 0 Å². The summed E-state index contributed by atoms with van der Waals surface area (Å²) < 4.78 is 0. The first kappa shape index (κ1) is 14.2. The Labute approximate surface area is 107 Å².